The number of benzene rings is 2. The molecule has 0 saturated carbocycles. The quantitative estimate of drug-likeness (QED) is 0.555. The van der Waals surface area contributed by atoms with Gasteiger partial charge in [-0.3, -0.25) is 4.55 Å². The minimum Gasteiger partial charge on any atom is -0.490 e. The fourth-order valence-electron chi connectivity index (χ4n) is 3.65. The van der Waals surface area contributed by atoms with Crippen LogP contribution in [0.3, 0.4) is 0 Å². The monoisotopic (exact) mass is 440 g/mol. The highest BCUT2D eigenvalue weighted by molar-refractivity contribution is 7.77. The highest BCUT2D eigenvalue weighted by Gasteiger charge is 2.27. The van der Waals surface area contributed by atoms with Gasteiger partial charge < -0.3 is 4.74 Å². The lowest BCUT2D eigenvalue weighted by molar-refractivity contribution is 0.242. The Morgan fingerprint density at radius 3 is 2.83 bits per heavy atom. The predicted molar refractivity (Wildman–Crippen MR) is 116 cm³/mol. The van der Waals surface area contributed by atoms with Crippen molar-refractivity contribution in [3.8, 4) is 33.0 Å². The van der Waals surface area contributed by atoms with Crippen molar-refractivity contribution in [1.29, 1.82) is 5.26 Å². The molecule has 30 heavy (non-hydrogen) atoms. The van der Waals surface area contributed by atoms with Crippen LogP contribution in [0.4, 0.5) is 0 Å². The summed E-state index contributed by atoms with van der Waals surface area (Å²) in [6.45, 7) is 3.84. The van der Waals surface area contributed by atoms with Gasteiger partial charge in [-0.1, -0.05) is 29.5 Å². The van der Waals surface area contributed by atoms with Crippen molar-refractivity contribution < 1.29 is 13.5 Å². The number of aromatic nitrogens is 2. The number of hydrogen-bond acceptors (Lipinski definition) is 6. The van der Waals surface area contributed by atoms with E-state index in [1.165, 1.54) is 11.3 Å². The van der Waals surface area contributed by atoms with E-state index >= 15 is 0 Å². The molecule has 3 aromatic rings. The van der Waals surface area contributed by atoms with Gasteiger partial charge in [0.25, 0.3) is 0 Å². The fraction of sp³-hybridized carbons (Fsp3) is 0.286. The van der Waals surface area contributed by atoms with Crippen molar-refractivity contribution >= 4 is 22.6 Å². The number of nitrogens with one attached hydrogen (secondary N) is 1. The lowest BCUT2D eigenvalue weighted by Crippen LogP contribution is -2.20. The Morgan fingerprint density at radius 1 is 1.30 bits per heavy atom. The maximum Gasteiger partial charge on any atom is 0.232 e. The van der Waals surface area contributed by atoms with Crippen LogP contribution in [0.2, 0.25) is 0 Å². The Hall–Kier alpha value is -2.64. The molecule has 0 amide bonds. The van der Waals surface area contributed by atoms with E-state index in [1.54, 1.807) is 12.1 Å². The third-order valence-corrected chi connectivity index (χ3v) is 6.37. The van der Waals surface area contributed by atoms with Gasteiger partial charge >= 0.3 is 0 Å². The second-order valence-electron chi connectivity index (χ2n) is 7.23. The first-order valence-corrected chi connectivity index (χ1v) is 11.4. The minimum absolute atomic E-state index is 0.0159. The summed E-state index contributed by atoms with van der Waals surface area (Å²) in [5.41, 5.74) is 4.42. The van der Waals surface area contributed by atoms with E-state index in [0.717, 1.165) is 45.1 Å². The van der Waals surface area contributed by atoms with E-state index in [-0.39, 0.29) is 12.1 Å². The van der Waals surface area contributed by atoms with E-state index in [9.17, 15) is 14.0 Å². The zero-order valence-electron chi connectivity index (χ0n) is 16.5. The average Bonchev–Trinajstić information content (AvgIpc) is 3.35. The molecule has 7 nitrogen and oxygen atoms in total. The van der Waals surface area contributed by atoms with Crippen LogP contribution < -0.4 is 9.46 Å². The third kappa shape index (κ3) is 4.13. The van der Waals surface area contributed by atoms with Crippen LogP contribution in [0, 0.1) is 11.3 Å². The Bertz CT molecular complexity index is 1150. The molecular formula is C21H20N4O3S2. The van der Waals surface area contributed by atoms with Crippen molar-refractivity contribution in [2.45, 2.75) is 38.8 Å². The Balaban J connectivity index is 1.66. The first-order valence-electron chi connectivity index (χ1n) is 9.50. The van der Waals surface area contributed by atoms with Gasteiger partial charge in [0.05, 0.1) is 11.7 Å². The van der Waals surface area contributed by atoms with Gasteiger partial charge in [-0.15, -0.1) is 10.2 Å². The predicted octanol–water partition coefficient (Wildman–Crippen LogP) is 4.24. The molecule has 1 aliphatic carbocycles. The zero-order chi connectivity index (χ0) is 21.3. The van der Waals surface area contributed by atoms with Gasteiger partial charge in [-0.2, -0.15) is 5.26 Å². The molecule has 0 saturated heterocycles. The highest BCUT2D eigenvalue weighted by Crippen LogP contribution is 2.40. The number of rotatable bonds is 6. The summed E-state index contributed by atoms with van der Waals surface area (Å²) in [7, 11) is 0. The van der Waals surface area contributed by atoms with Gasteiger partial charge in [0.2, 0.25) is 11.3 Å². The molecule has 1 heterocycles. The first-order chi connectivity index (χ1) is 14.5. The molecule has 1 aromatic heterocycles. The molecule has 2 N–H and O–H groups in total. The Labute approximate surface area is 181 Å². The van der Waals surface area contributed by atoms with E-state index in [4.69, 9.17) is 4.74 Å². The van der Waals surface area contributed by atoms with E-state index in [1.807, 2.05) is 38.1 Å². The molecule has 154 valence electrons. The standard InChI is InChI=1S/C21H20N4O3S2/c1-12(2)28-19-9-6-13(10-14(19)11-22)20-23-24-21(29-20)17-5-3-4-16-15(17)7-8-18(16)25-30(26)27/h3-6,9-10,12,18,25H,7-8H2,1-2H3,(H,26,27). The molecule has 2 aromatic carbocycles. The second-order valence-corrected chi connectivity index (χ2v) is 8.94. The van der Waals surface area contributed by atoms with Crippen molar-refractivity contribution in [3.05, 3.63) is 53.1 Å². The summed E-state index contributed by atoms with van der Waals surface area (Å²) in [6.07, 6.45) is 1.54. The number of fused-ring (bicyclic) bond motifs is 1. The normalized spacial score (nSPS) is 16.3. The van der Waals surface area contributed by atoms with Gasteiger partial charge in [0.15, 0.2) is 0 Å². The molecule has 0 spiro atoms. The molecule has 0 aliphatic heterocycles. The molecule has 2 unspecified atom stereocenters. The van der Waals surface area contributed by atoms with Crippen molar-refractivity contribution in [1.82, 2.24) is 14.9 Å². The van der Waals surface area contributed by atoms with Gasteiger partial charge in [0, 0.05) is 17.2 Å². The van der Waals surface area contributed by atoms with Gasteiger partial charge in [0.1, 0.15) is 21.8 Å². The SMILES string of the molecule is CC(C)Oc1ccc(-c2nnc(-c3cccc4c3CCC4NS(=O)O)s2)cc1C#N. The summed E-state index contributed by atoms with van der Waals surface area (Å²) in [5, 5.41) is 19.7. The number of nitrogens with zero attached hydrogens (tertiary/aromatic N) is 3. The lowest BCUT2D eigenvalue weighted by Gasteiger charge is -2.11. The summed E-state index contributed by atoms with van der Waals surface area (Å²) in [6, 6.07) is 13.4. The number of ether oxygens (including phenoxy) is 1. The summed E-state index contributed by atoms with van der Waals surface area (Å²) in [5.74, 6) is 0.557. The van der Waals surface area contributed by atoms with E-state index in [0.29, 0.717) is 11.3 Å². The number of hydrogen-bond donors (Lipinski definition) is 2. The molecule has 2 atom stereocenters. The topological polar surface area (TPSA) is 108 Å². The summed E-state index contributed by atoms with van der Waals surface area (Å²) in [4.78, 5) is 0. The van der Waals surface area contributed by atoms with Crippen molar-refractivity contribution in [2.75, 3.05) is 0 Å². The van der Waals surface area contributed by atoms with E-state index in [2.05, 4.69) is 21.0 Å². The van der Waals surface area contributed by atoms with Crippen LogP contribution in [0.1, 0.15) is 43.0 Å². The summed E-state index contributed by atoms with van der Waals surface area (Å²) >= 11 is -0.599. The molecular weight excluding hydrogens is 420 g/mol. The minimum atomic E-state index is -2.06. The van der Waals surface area contributed by atoms with Crippen LogP contribution in [0.15, 0.2) is 36.4 Å². The summed E-state index contributed by atoms with van der Waals surface area (Å²) < 4.78 is 28.7. The third-order valence-electron chi connectivity index (χ3n) is 4.88. The van der Waals surface area contributed by atoms with Gasteiger partial charge in [-0.05, 0) is 56.0 Å². The molecule has 1 aliphatic rings. The number of nitriles is 1. The van der Waals surface area contributed by atoms with Crippen molar-refractivity contribution in [2.24, 2.45) is 0 Å². The lowest BCUT2D eigenvalue weighted by atomic mass is 10.0. The molecule has 0 radical (unpaired) electrons. The van der Waals surface area contributed by atoms with Crippen LogP contribution in [-0.4, -0.2) is 25.1 Å². The molecule has 9 heteroatoms. The molecule has 4 rings (SSSR count). The van der Waals surface area contributed by atoms with Crippen LogP contribution in [-0.2, 0) is 17.7 Å². The van der Waals surface area contributed by atoms with Crippen molar-refractivity contribution in [3.63, 3.8) is 0 Å². The van der Waals surface area contributed by atoms with Crippen LogP contribution >= 0.6 is 11.3 Å². The van der Waals surface area contributed by atoms with Gasteiger partial charge in [-0.25, -0.2) is 8.93 Å². The maximum atomic E-state index is 11.2. The van der Waals surface area contributed by atoms with E-state index < -0.39 is 11.3 Å². The highest BCUT2D eigenvalue weighted by atomic mass is 32.2. The Morgan fingerprint density at radius 2 is 2.10 bits per heavy atom. The fourth-order valence-corrected chi connectivity index (χ4v) is 5.04. The molecule has 0 fully saturated rings. The average molecular weight is 441 g/mol. The molecule has 0 bridgehead atoms. The zero-order valence-corrected chi connectivity index (χ0v) is 18.1. The van der Waals surface area contributed by atoms with Crippen LogP contribution in [0.25, 0.3) is 21.1 Å². The maximum absolute atomic E-state index is 11.2. The largest absolute Gasteiger partial charge is 0.490 e. The second kappa shape index (κ2) is 8.62. The Kier molecular flexibility index (Phi) is 5.92. The van der Waals surface area contributed by atoms with Crippen LogP contribution in [0.5, 0.6) is 5.75 Å². The first kappa shape index (κ1) is 20.6. The smallest absolute Gasteiger partial charge is 0.232 e.